The van der Waals surface area contributed by atoms with Crippen LogP contribution in [0.15, 0.2) is 53.5 Å². The molecule has 0 radical (unpaired) electrons. The molecule has 5 nitrogen and oxygen atoms in total. The van der Waals surface area contributed by atoms with E-state index in [4.69, 9.17) is 14.5 Å². The zero-order valence-electron chi connectivity index (χ0n) is 17.3. The summed E-state index contributed by atoms with van der Waals surface area (Å²) < 4.78 is 11.3. The minimum atomic E-state index is -0.222. The van der Waals surface area contributed by atoms with E-state index < -0.39 is 0 Å². The normalized spacial score (nSPS) is 18.1. The van der Waals surface area contributed by atoms with Crippen LogP contribution in [0.4, 0.5) is 0 Å². The van der Waals surface area contributed by atoms with Crippen molar-refractivity contribution in [3.8, 4) is 5.75 Å². The SMILES string of the molecule is CCNC(=NCc1ccc(COC)cc1)NC1CC(C)(C)Oc2ccccc21. The first-order chi connectivity index (χ1) is 13.5. The van der Waals surface area contributed by atoms with Crippen LogP contribution < -0.4 is 15.4 Å². The Morgan fingerprint density at radius 1 is 1.14 bits per heavy atom. The van der Waals surface area contributed by atoms with E-state index in [9.17, 15) is 0 Å². The highest BCUT2D eigenvalue weighted by atomic mass is 16.5. The van der Waals surface area contributed by atoms with Crippen LogP contribution in [0.5, 0.6) is 5.75 Å². The van der Waals surface area contributed by atoms with Crippen LogP contribution in [-0.4, -0.2) is 25.2 Å². The summed E-state index contributed by atoms with van der Waals surface area (Å²) in [7, 11) is 1.71. The maximum atomic E-state index is 6.14. The number of rotatable bonds is 6. The van der Waals surface area contributed by atoms with Crippen LogP contribution in [0.3, 0.4) is 0 Å². The largest absolute Gasteiger partial charge is 0.487 e. The van der Waals surface area contributed by atoms with Crippen molar-refractivity contribution in [3.05, 3.63) is 65.2 Å². The topological polar surface area (TPSA) is 54.9 Å². The van der Waals surface area contributed by atoms with Crippen LogP contribution in [-0.2, 0) is 17.9 Å². The summed E-state index contributed by atoms with van der Waals surface area (Å²) in [5.41, 5.74) is 3.29. The Morgan fingerprint density at radius 2 is 1.86 bits per heavy atom. The lowest BCUT2D eigenvalue weighted by molar-refractivity contribution is 0.0694. The predicted molar refractivity (Wildman–Crippen MR) is 114 cm³/mol. The number of hydrogen-bond donors (Lipinski definition) is 2. The summed E-state index contributed by atoms with van der Waals surface area (Å²) in [5.74, 6) is 1.77. The highest BCUT2D eigenvalue weighted by molar-refractivity contribution is 5.80. The van der Waals surface area contributed by atoms with E-state index in [1.807, 2.05) is 12.1 Å². The molecule has 2 aromatic carbocycles. The van der Waals surface area contributed by atoms with Gasteiger partial charge in [0.2, 0.25) is 0 Å². The molecule has 150 valence electrons. The molecule has 0 bridgehead atoms. The second-order valence-electron chi connectivity index (χ2n) is 7.75. The molecule has 28 heavy (non-hydrogen) atoms. The molecule has 0 aromatic heterocycles. The number of methoxy groups -OCH3 is 1. The first-order valence-electron chi connectivity index (χ1n) is 9.90. The lowest BCUT2D eigenvalue weighted by Crippen LogP contribution is -2.45. The number of ether oxygens (including phenoxy) is 2. The molecule has 1 heterocycles. The van der Waals surface area contributed by atoms with Crippen LogP contribution in [0, 0.1) is 0 Å². The van der Waals surface area contributed by atoms with E-state index >= 15 is 0 Å². The van der Waals surface area contributed by atoms with Crippen LogP contribution in [0.1, 0.15) is 49.9 Å². The summed E-state index contributed by atoms with van der Waals surface area (Å²) in [6.07, 6.45) is 0.875. The molecule has 0 spiro atoms. The highest BCUT2D eigenvalue weighted by Crippen LogP contribution is 2.39. The molecule has 1 unspecified atom stereocenters. The van der Waals surface area contributed by atoms with Crippen molar-refractivity contribution in [1.29, 1.82) is 0 Å². The fourth-order valence-corrected chi connectivity index (χ4v) is 3.49. The smallest absolute Gasteiger partial charge is 0.192 e. The van der Waals surface area contributed by atoms with E-state index in [0.717, 1.165) is 24.7 Å². The molecule has 3 rings (SSSR count). The minimum Gasteiger partial charge on any atom is -0.487 e. The van der Waals surface area contributed by atoms with E-state index in [1.54, 1.807) is 7.11 Å². The van der Waals surface area contributed by atoms with Gasteiger partial charge in [-0.25, -0.2) is 4.99 Å². The number of aliphatic imine (C=N–C) groups is 1. The first kappa shape index (κ1) is 20.2. The third-order valence-corrected chi connectivity index (χ3v) is 4.79. The Balaban J connectivity index is 1.74. The average Bonchev–Trinajstić information content (AvgIpc) is 2.67. The molecule has 1 aliphatic rings. The summed E-state index contributed by atoms with van der Waals surface area (Å²) >= 11 is 0. The van der Waals surface area contributed by atoms with Crippen LogP contribution in [0.2, 0.25) is 0 Å². The lowest BCUT2D eigenvalue weighted by atomic mass is 9.90. The van der Waals surface area contributed by atoms with Gasteiger partial charge in [0.15, 0.2) is 5.96 Å². The lowest BCUT2D eigenvalue weighted by Gasteiger charge is -2.38. The average molecular weight is 382 g/mol. The Hall–Kier alpha value is -2.53. The van der Waals surface area contributed by atoms with Gasteiger partial charge in [-0.3, -0.25) is 0 Å². The van der Waals surface area contributed by atoms with E-state index in [0.29, 0.717) is 13.2 Å². The number of nitrogens with one attached hydrogen (secondary N) is 2. The van der Waals surface area contributed by atoms with Gasteiger partial charge >= 0.3 is 0 Å². The Kier molecular flexibility index (Phi) is 6.57. The van der Waals surface area contributed by atoms with E-state index in [1.165, 1.54) is 16.7 Å². The van der Waals surface area contributed by atoms with Gasteiger partial charge in [-0.2, -0.15) is 0 Å². The van der Waals surface area contributed by atoms with Gasteiger partial charge in [-0.15, -0.1) is 0 Å². The van der Waals surface area contributed by atoms with Crippen molar-refractivity contribution < 1.29 is 9.47 Å². The van der Waals surface area contributed by atoms with Gasteiger partial charge < -0.3 is 20.1 Å². The number of hydrogen-bond acceptors (Lipinski definition) is 3. The molecule has 1 atom stereocenters. The first-order valence-corrected chi connectivity index (χ1v) is 9.90. The van der Waals surface area contributed by atoms with Crippen molar-refractivity contribution in [2.45, 2.75) is 52.0 Å². The monoisotopic (exact) mass is 381 g/mol. The van der Waals surface area contributed by atoms with Gasteiger partial charge in [0.1, 0.15) is 11.4 Å². The Morgan fingerprint density at radius 3 is 2.57 bits per heavy atom. The van der Waals surface area contributed by atoms with Crippen molar-refractivity contribution in [2.24, 2.45) is 4.99 Å². The molecule has 0 saturated carbocycles. The third kappa shape index (κ3) is 5.26. The minimum absolute atomic E-state index is 0.154. The van der Waals surface area contributed by atoms with Crippen molar-refractivity contribution in [2.75, 3.05) is 13.7 Å². The van der Waals surface area contributed by atoms with Gasteiger partial charge in [-0.1, -0.05) is 42.5 Å². The summed E-state index contributed by atoms with van der Waals surface area (Å²) in [6, 6.07) is 16.8. The van der Waals surface area contributed by atoms with Gasteiger partial charge in [-0.05, 0) is 38.0 Å². The van der Waals surface area contributed by atoms with E-state index in [2.05, 4.69) is 67.8 Å². The molecule has 0 amide bonds. The van der Waals surface area contributed by atoms with Crippen LogP contribution in [0.25, 0.3) is 0 Å². The fraction of sp³-hybridized carbons (Fsp3) is 0.435. The molecule has 5 heteroatoms. The van der Waals surface area contributed by atoms with Crippen molar-refractivity contribution in [1.82, 2.24) is 10.6 Å². The molecular weight excluding hydrogens is 350 g/mol. The van der Waals surface area contributed by atoms with E-state index in [-0.39, 0.29) is 11.6 Å². The predicted octanol–water partition coefficient (Wildman–Crippen LogP) is 4.19. The number of nitrogens with zero attached hydrogens (tertiary/aromatic N) is 1. The number of para-hydroxylation sites is 1. The van der Waals surface area contributed by atoms with Gasteiger partial charge in [0.05, 0.1) is 19.2 Å². The fourth-order valence-electron chi connectivity index (χ4n) is 3.49. The molecule has 2 aromatic rings. The summed E-state index contributed by atoms with van der Waals surface area (Å²) in [4.78, 5) is 4.80. The third-order valence-electron chi connectivity index (χ3n) is 4.79. The van der Waals surface area contributed by atoms with Crippen molar-refractivity contribution in [3.63, 3.8) is 0 Å². The molecule has 0 aliphatic carbocycles. The number of guanidine groups is 1. The molecular formula is C23H31N3O2. The zero-order valence-corrected chi connectivity index (χ0v) is 17.3. The maximum Gasteiger partial charge on any atom is 0.192 e. The van der Waals surface area contributed by atoms with Crippen molar-refractivity contribution >= 4 is 5.96 Å². The zero-order chi connectivity index (χ0) is 20.0. The number of fused-ring (bicyclic) bond motifs is 1. The summed E-state index contributed by atoms with van der Waals surface area (Å²) in [5, 5.41) is 6.98. The quantitative estimate of drug-likeness (QED) is 0.582. The molecule has 2 N–H and O–H groups in total. The molecule has 1 aliphatic heterocycles. The number of benzene rings is 2. The van der Waals surface area contributed by atoms with Gasteiger partial charge in [0, 0.05) is 25.6 Å². The standard InChI is InChI=1S/C23H31N3O2/c1-5-24-22(25-15-17-10-12-18(13-11-17)16-27-4)26-20-14-23(2,3)28-21-9-7-6-8-19(20)21/h6-13,20H,5,14-16H2,1-4H3,(H2,24,25,26). The van der Waals surface area contributed by atoms with Gasteiger partial charge in [0.25, 0.3) is 0 Å². The molecule has 0 fully saturated rings. The summed E-state index contributed by atoms with van der Waals surface area (Å²) in [6.45, 7) is 8.40. The second kappa shape index (κ2) is 9.11. The highest BCUT2D eigenvalue weighted by Gasteiger charge is 2.33. The Labute approximate surface area is 168 Å². The Bertz CT molecular complexity index is 800. The second-order valence-corrected chi connectivity index (χ2v) is 7.75. The molecule has 0 saturated heterocycles. The maximum absolute atomic E-state index is 6.14. The van der Waals surface area contributed by atoms with Crippen LogP contribution >= 0.6 is 0 Å².